The number of likely N-dealkylation sites (tertiary alicyclic amines) is 1. The third-order valence-corrected chi connectivity index (χ3v) is 5.28. The lowest BCUT2D eigenvalue weighted by atomic mass is 10.1. The van der Waals surface area contributed by atoms with Crippen LogP contribution < -0.4 is 5.32 Å². The third-order valence-electron chi connectivity index (χ3n) is 5.28. The predicted octanol–water partition coefficient (Wildman–Crippen LogP) is 1.82. The van der Waals surface area contributed by atoms with Crippen LogP contribution in [-0.4, -0.2) is 70.9 Å². The normalized spacial score (nSPS) is 17.4. The maximum atomic E-state index is 12.9. The van der Waals surface area contributed by atoms with Gasteiger partial charge in [-0.05, 0) is 37.9 Å². The zero-order valence-electron chi connectivity index (χ0n) is 15.9. The number of rotatable bonds is 3. The van der Waals surface area contributed by atoms with Crippen molar-refractivity contribution in [1.29, 1.82) is 0 Å². The predicted molar refractivity (Wildman–Crippen MR) is 106 cm³/mol. The SMILES string of the molecule is O=C(c1cccc(-c2cncc(C(=O)N3CCCC3)n2)c1)N1CCCNCC1. The fourth-order valence-electron chi connectivity index (χ4n) is 3.73. The number of aromatic nitrogens is 2. The van der Waals surface area contributed by atoms with E-state index < -0.39 is 0 Å². The Kier molecular flexibility index (Phi) is 5.62. The lowest BCUT2D eigenvalue weighted by Gasteiger charge is -2.20. The van der Waals surface area contributed by atoms with Crippen LogP contribution in [0.3, 0.4) is 0 Å². The molecule has 2 saturated heterocycles. The summed E-state index contributed by atoms with van der Waals surface area (Å²) in [7, 11) is 0. The van der Waals surface area contributed by atoms with Gasteiger partial charge in [0.05, 0.1) is 18.1 Å². The average molecular weight is 379 g/mol. The quantitative estimate of drug-likeness (QED) is 0.880. The number of nitrogens with zero attached hydrogens (tertiary/aromatic N) is 4. The molecular formula is C21H25N5O2. The van der Waals surface area contributed by atoms with Crippen molar-refractivity contribution in [3.8, 4) is 11.3 Å². The largest absolute Gasteiger partial charge is 0.337 e. The fraction of sp³-hybridized carbons (Fsp3) is 0.429. The van der Waals surface area contributed by atoms with Crippen LogP contribution in [0.2, 0.25) is 0 Å². The van der Waals surface area contributed by atoms with Gasteiger partial charge in [-0.1, -0.05) is 12.1 Å². The Hall–Kier alpha value is -2.80. The van der Waals surface area contributed by atoms with Gasteiger partial charge in [0, 0.05) is 43.9 Å². The van der Waals surface area contributed by atoms with Gasteiger partial charge in [-0.2, -0.15) is 0 Å². The van der Waals surface area contributed by atoms with Crippen LogP contribution in [0.15, 0.2) is 36.7 Å². The van der Waals surface area contributed by atoms with Gasteiger partial charge in [0.15, 0.2) is 0 Å². The molecule has 4 rings (SSSR count). The topological polar surface area (TPSA) is 78.4 Å². The molecule has 7 nitrogen and oxygen atoms in total. The molecule has 1 aromatic carbocycles. The molecule has 0 spiro atoms. The number of amides is 2. The molecule has 146 valence electrons. The van der Waals surface area contributed by atoms with Crippen LogP contribution in [0.4, 0.5) is 0 Å². The third kappa shape index (κ3) is 4.04. The number of hydrogen-bond donors (Lipinski definition) is 1. The summed E-state index contributed by atoms with van der Waals surface area (Å²) in [6.45, 7) is 4.78. The van der Waals surface area contributed by atoms with Crippen LogP contribution in [0, 0.1) is 0 Å². The molecular weight excluding hydrogens is 354 g/mol. The van der Waals surface area contributed by atoms with Crippen LogP contribution in [-0.2, 0) is 0 Å². The van der Waals surface area contributed by atoms with E-state index in [1.807, 2.05) is 34.1 Å². The Morgan fingerprint density at radius 3 is 2.54 bits per heavy atom. The molecule has 0 saturated carbocycles. The zero-order chi connectivity index (χ0) is 19.3. The van der Waals surface area contributed by atoms with Gasteiger partial charge in [0.25, 0.3) is 11.8 Å². The van der Waals surface area contributed by atoms with Crippen molar-refractivity contribution in [2.24, 2.45) is 0 Å². The summed E-state index contributed by atoms with van der Waals surface area (Å²) in [6, 6.07) is 7.43. The molecule has 3 heterocycles. The second kappa shape index (κ2) is 8.48. The molecule has 7 heteroatoms. The maximum absolute atomic E-state index is 12.9. The molecule has 0 bridgehead atoms. The Bertz CT molecular complexity index is 855. The molecule has 2 amide bonds. The van der Waals surface area contributed by atoms with Crippen molar-refractivity contribution in [2.45, 2.75) is 19.3 Å². The monoisotopic (exact) mass is 379 g/mol. The average Bonchev–Trinajstić information content (AvgIpc) is 3.15. The van der Waals surface area contributed by atoms with Crippen molar-refractivity contribution >= 4 is 11.8 Å². The molecule has 28 heavy (non-hydrogen) atoms. The zero-order valence-corrected chi connectivity index (χ0v) is 15.9. The minimum Gasteiger partial charge on any atom is -0.337 e. The molecule has 0 unspecified atom stereocenters. The molecule has 0 atom stereocenters. The van der Waals surface area contributed by atoms with Crippen molar-refractivity contribution in [3.05, 3.63) is 47.9 Å². The number of benzene rings is 1. The minimum atomic E-state index is -0.0730. The first-order chi connectivity index (χ1) is 13.7. The smallest absolute Gasteiger partial charge is 0.274 e. The molecule has 2 fully saturated rings. The van der Waals surface area contributed by atoms with Crippen LogP contribution in [0.25, 0.3) is 11.3 Å². The van der Waals surface area contributed by atoms with E-state index in [4.69, 9.17) is 0 Å². The molecule has 1 aromatic heterocycles. The first-order valence-electron chi connectivity index (χ1n) is 9.94. The van der Waals surface area contributed by atoms with E-state index in [0.29, 0.717) is 23.5 Å². The van der Waals surface area contributed by atoms with Crippen LogP contribution in [0.5, 0.6) is 0 Å². The van der Waals surface area contributed by atoms with Gasteiger partial charge >= 0.3 is 0 Å². The van der Waals surface area contributed by atoms with Gasteiger partial charge in [0.2, 0.25) is 0 Å². The van der Waals surface area contributed by atoms with E-state index in [2.05, 4.69) is 15.3 Å². The summed E-state index contributed by atoms with van der Waals surface area (Å²) in [5, 5.41) is 3.31. The highest BCUT2D eigenvalue weighted by atomic mass is 16.2. The van der Waals surface area contributed by atoms with Crippen molar-refractivity contribution < 1.29 is 9.59 Å². The van der Waals surface area contributed by atoms with E-state index in [0.717, 1.165) is 57.5 Å². The Morgan fingerprint density at radius 1 is 0.893 bits per heavy atom. The van der Waals surface area contributed by atoms with Gasteiger partial charge in [-0.3, -0.25) is 14.6 Å². The van der Waals surface area contributed by atoms with Gasteiger partial charge in [-0.25, -0.2) is 4.98 Å². The van der Waals surface area contributed by atoms with Gasteiger partial charge in [-0.15, -0.1) is 0 Å². The molecule has 0 aliphatic carbocycles. The highest BCUT2D eigenvalue weighted by Gasteiger charge is 2.22. The van der Waals surface area contributed by atoms with E-state index >= 15 is 0 Å². The summed E-state index contributed by atoms with van der Waals surface area (Å²) in [6.07, 6.45) is 6.19. The number of carbonyl (C=O) groups is 2. The maximum Gasteiger partial charge on any atom is 0.274 e. The molecule has 2 aromatic rings. The van der Waals surface area contributed by atoms with Crippen molar-refractivity contribution in [3.63, 3.8) is 0 Å². The first-order valence-corrected chi connectivity index (χ1v) is 9.94. The summed E-state index contributed by atoms with van der Waals surface area (Å²) in [4.78, 5) is 37.9. The van der Waals surface area contributed by atoms with E-state index in [1.165, 1.54) is 6.20 Å². The van der Waals surface area contributed by atoms with E-state index in [9.17, 15) is 9.59 Å². The van der Waals surface area contributed by atoms with E-state index in [-0.39, 0.29) is 11.8 Å². The van der Waals surface area contributed by atoms with Crippen molar-refractivity contribution in [1.82, 2.24) is 25.1 Å². The Labute approximate surface area is 164 Å². The van der Waals surface area contributed by atoms with E-state index in [1.54, 1.807) is 6.20 Å². The Morgan fingerprint density at radius 2 is 1.68 bits per heavy atom. The van der Waals surface area contributed by atoms with Gasteiger partial charge < -0.3 is 15.1 Å². The summed E-state index contributed by atoms with van der Waals surface area (Å²) in [5.74, 6) is -0.0426. The lowest BCUT2D eigenvalue weighted by molar-refractivity contribution is 0.0763. The molecule has 0 radical (unpaired) electrons. The fourth-order valence-corrected chi connectivity index (χ4v) is 3.73. The van der Waals surface area contributed by atoms with Gasteiger partial charge in [0.1, 0.15) is 5.69 Å². The lowest BCUT2D eigenvalue weighted by Crippen LogP contribution is -2.34. The second-order valence-corrected chi connectivity index (χ2v) is 7.27. The molecule has 2 aliphatic rings. The molecule has 1 N–H and O–H groups in total. The number of carbonyl (C=O) groups excluding carboxylic acids is 2. The Balaban J connectivity index is 1.56. The highest BCUT2D eigenvalue weighted by Crippen LogP contribution is 2.20. The van der Waals surface area contributed by atoms with Crippen LogP contribution >= 0.6 is 0 Å². The molecule has 2 aliphatic heterocycles. The minimum absolute atomic E-state index is 0.0304. The van der Waals surface area contributed by atoms with Crippen LogP contribution in [0.1, 0.15) is 40.1 Å². The number of nitrogens with one attached hydrogen (secondary N) is 1. The summed E-state index contributed by atoms with van der Waals surface area (Å²) >= 11 is 0. The summed E-state index contributed by atoms with van der Waals surface area (Å²) < 4.78 is 0. The first kappa shape index (κ1) is 18.6. The summed E-state index contributed by atoms with van der Waals surface area (Å²) in [5.41, 5.74) is 2.40. The number of hydrogen-bond acceptors (Lipinski definition) is 5. The van der Waals surface area contributed by atoms with Crippen molar-refractivity contribution in [2.75, 3.05) is 39.3 Å². The standard InChI is InChI=1S/C21H25N5O2/c27-20(26-11-4-7-22-8-12-26)17-6-3-5-16(13-17)18-14-23-15-19(24-18)21(28)25-9-1-2-10-25/h3,5-6,13-15,22H,1-2,4,7-12H2. The highest BCUT2D eigenvalue weighted by molar-refractivity contribution is 5.96. The second-order valence-electron chi connectivity index (χ2n) is 7.27.